The minimum atomic E-state index is 0.466. The second-order valence-electron chi connectivity index (χ2n) is 3.86. The molecule has 1 amide bonds. The molecule has 1 aromatic rings. The molecule has 0 spiro atoms. The standard InChI is InChI=1S/C12H15NO2/c1-15-12-4-2-3-10(7-12)8-13(9-14)11-5-6-11/h2-4,7,9,11H,5-6,8H2,1H3. The van der Waals surface area contributed by atoms with Crippen LogP contribution in [0, 0.1) is 0 Å². The van der Waals surface area contributed by atoms with Crippen molar-refractivity contribution in [3.63, 3.8) is 0 Å². The topological polar surface area (TPSA) is 29.5 Å². The first-order valence-electron chi connectivity index (χ1n) is 5.17. The van der Waals surface area contributed by atoms with Crippen LogP contribution in [-0.2, 0) is 11.3 Å². The lowest BCUT2D eigenvalue weighted by molar-refractivity contribution is -0.119. The number of methoxy groups -OCH3 is 1. The van der Waals surface area contributed by atoms with Gasteiger partial charge in [0.05, 0.1) is 7.11 Å². The van der Waals surface area contributed by atoms with Gasteiger partial charge in [0.2, 0.25) is 6.41 Å². The van der Waals surface area contributed by atoms with Gasteiger partial charge in [-0.3, -0.25) is 4.79 Å². The molecule has 0 bridgehead atoms. The van der Waals surface area contributed by atoms with Gasteiger partial charge in [-0.25, -0.2) is 0 Å². The normalized spacial score (nSPS) is 14.7. The van der Waals surface area contributed by atoms with Crippen molar-refractivity contribution >= 4 is 6.41 Å². The largest absolute Gasteiger partial charge is 0.497 e. The Kier molecular flexibility index (Phi) is 2.90. The minimum absolute atomic E-state index is 0.466. The molecular formula is C12H15NO2. The number of rotatable bonds is 5. The lowest BCUT2D eigenvalue weighted by atomic mass is 10.2. The van der Waals surface area contributed by atoms with E-state index in [2.05, 4.69) is 0 Å². The molecule has 1 aliphatic carbocycles. The van der Waals surface area contributed by atoms with Gasteiger partial charge in [0.15, 0.2) is 0 Å². The third-order valence-electron chi connectivity index (χ3n) is 2.65. The molecule has 0 aromatic heterocycles. The van der Waals surface area contributed by atoms with E-state index in [1.54, 1.807) is 7.11 Å². The summed E-state index contributed by atoms with van der Waals surface area (Å²) in [4.78, 5) is 12.7. The number of carbonyl (C=O) groups excluding carboxylic acids is 1. The third-order valence-corrected chi connectivity index (χ3v) is 2.65. The van der Waals surface area contributed by atoms with E-state index in [1.165, 1.54) is 0 Å². The average molecular weight is 205 g/mol. The molecule has 15 heavy (non-hydrogen) atoms. The van der Waals surface area contributed by atoms with Gasteiger partial charge in [-0.2, -0.15) is 0 Å². The highest BCUT2D eigenvalue weighted by Gasteiger charge is 2.27. The van der Waals surface area contributed by atoms with Gasteiger partial charge >= 0.3 is 0 Å². The molecule has 3 nitrogen and oxygen atoms in total. The van der Waals surface area contributed by atoms with Gasteiger partial charge in [0, 0.05) is 12.6 Å². The first-order chi connectivity index (χ1) is 7.33. The first-order valence-corrected chi connectivity index (χ1v) is 5.17. The molecule has 1 fully saturated rings. The van der Waals surface area contributed by atoms with E-state index in [1.807, 2.05) is 29.2 Å². The Morgan fingerprint density at radius 3 is 2.93 bits per heavy atom. The van der Waals surface area contributed by atoms with Crippen molar-refractivity contribution in [1.82, 2.24) is 4.90 Å². The van der Waals surface area contributed by atoms with Crippen molar-refractivity contribution in [1.29, 1.82) is 0 Å². The molecule has 0 N–H and O–H groups in total. The zero-order chi connectivity index (χ0) is 10.7. The van der Waals surface area contributed by atoms with E-state index in [9.17, 15) is 4.79 Å². The van der Waals surface area contributed by atoms with Crippen LogP contribution in [0.4, 0.5) is 0 Å². The van der Waals surface area contributed by atoms with Crippen LogP contribution in [0.5, 0.6) is 5.75 Å². The number of amides is 1. The molecular weight excluding hydrogens is 190 g/mol. The summed E-state index contributed by atoms with van der Waals surface area (Å²) < 4.78 is 5.14. The maximum absolute atomic E-state index is 10.8. The van der Waals surface area contributed by atoms with E-state index in [-0.39, 0.29) is 0 Å². The zero-order valence-electron chi connectivity index (χ0n) is 8.85. The fourth-order valence-corrected chi connectivity index (χ4v) is 1.64. The monoisotopic (exact) mass is 205 g/mol. The second kappa shape index (κ2) is 4.34. The maximum atomic E-state index is 10.8. The molecule has 0 atom stereocenters. The van der Waals surface area contributed by atoms with Gasteiger partial charge in [0.25, 0.3) is 0 Å². The van der Waals surface area contributed by atoms with E-state index in [4.69, 9.17) is 4.74 Å². The summed E-state index contributed by atoms with van der Waals surface area (Å²) in [6.07, 6.45) is 3.22. The first kappa shape index (κ1) is 10.0. The average Bonchev–Trinajstić information content (AvgIpc) is 3.10. The number of benzene rings is 1. The number of nitrogens with zero attached hydrogens (tertiary/aromatic N) is 1. The number of carbonyl (C=O) groups is 1. The van der Waals surface area contributed by atoms with Gasteiger partial charge in [-0.15, -0.1) is 0 Å². The predicted octanol–water partition coefficient (Wildman–Crippen LogP) is 1.82. The Morgan fingerprint density at radius 1 is 1.53 bits per heavy atom. The Balaban J connectivity index is 2.04. The summed E-state index contributed by atoms with van der Waals surface area (Å²) >= 11 is 0. The smallest absolute Gasteiger partial charge is 0.210 e. The molecule has 80 valence electrons. The summed E-state index contributed by atoms with van der Waals surface area (Å²) in [5.41, 5.74) is 1.12. The van der Waals surface area contributed by atoms with Crippen LogP contribution < -0.4 is 4.74 Å². The van der Waals surface area contributed by atoms with E-state index >= 15 is 0 Å². The van der Waals surface area contributed by atoms with Crippen LogP contribution in [-0.4, -0.2) is 24.5 Å². The molecule has 1 aromatic carbocycles. The minimum Gasteiger partial charge on any atom is -0.497 e. The highest BCUT2D eigenvalue weighted by molar-refractivity contribution is 5.49. The fourth-order valence-electron chi connectivity index (χ4n) is 1.64. The lowest BCUT2D eigenvalue weighted by Gasteiger charge is -2.16. The Hall–Kier alpha value is -1.51. The van der Waals surface area contributed by atoms with Crippen molar-refractivity contribution in [3.05, 3.63) is 29.8 Å². The van der Waals surface area contributed by atoms with Crippen molar-refractivity contribution in [2.75, 3.05) is 7.11 Å². The molecule has 0 unspecified atom stereocenters. The Labute approximate surface area is 89.7 Å². The molecule has 0 radical (unpaired) electrons. The molecule has 0 aliphatic heterocycles. The van der Waals surface area contributed by atoms with Crippen LogP contribution in [0.3, 0.4) is 0 Å². The highest BCUT2D eigenvalue weighted by Crippen LogP contribution is 2.27. The number of ether oxygens (including phenoxy) is 1. The van der Waals surface area contributed by atoms with Gasteiger partial charge < -0.3 is 9.64 Å². The van der Waals surface area contributed by atoms with Crippen LogP contribution in [0.15, 0.2) is 24.3 Å². The van der Waals surface area contributed by atoms with Crippen molar-refractivity contribution in [2.45, 2.75) is 25.4 Å². The van der Waals surface area contributed by atoms with Gasteiger partial charge in [-0.05, 0) is 30.5 Å². The number of hydrogen-bond acceptors (Lipinski definition) is 2. The zero-order valence-corrected chi connectivity index (χ0v) is 8.85. The summed E-state index contributed by atoms with van der Waals surface area (Å²) in [5, 5.41) is 0. The summed E-state index contributed by atoms with van der Waals surface area (Å²) in [5.74, 6) is 0.842. The quantitative estimate of drug-likeness (QED) is 0.686. The van der Waals surface area contributed by atoms with Crippen LogP contribution in [0.2, 0.25) is 0 Å². The van der Waals surface area contributed by atoms with Crippen molar-refractivity contribution in [2.24, 2.45) is 0 Å². The number of hydrogen-bond donors (Lipinski definition) is 0. The summed E-state index contributed by atoms with van der Waals surface area (Å²) in [6.45, 7) is 0.686. The molecule has 0 heterocycles. The van der Waals surface area contributed by atoms with E-state index in [0.29, 0.717) is 12.6 Å². The van der Waals surface area contributed by atoms with Crippen LogP contribution in [0.1, 0.15) is 18.4 Å². The second-order valence-corrected chi connectivity index (χ2v) is 3.86. The van der Waals surface area contributed by atoms with Gasteiger partial charge in [0.1, 0.15) is 5.75 Å². The molecule has 1 aliphatic rings. The third kappa shape index (κ3) is 2.49. The maximum Gasteiger partial charge on any atom is 0.210 e. The lowest BCUT2D eigenvalue weighted by Crippen LogP contribution is -2.23. The summed E-state index contributed by atoms with van der Waals surface area (Å²) in [6, 6.07) is 8.31. The molecule has 1 saturated carbocycles. The van der Waals surface area contributed by atoms with Crippen LogP contribution in [0.25, 0.3) is 0 Å². The van der Waals surface area contributed by atoms with E-state index in [0.717, 1.165) is 30.6 Å². The SMILES string of the molecule is COc1cccc(CN(C=O)C2CC2)c1. The summed E-state index contributed by atoms with van der Waals surface area (Å²) in [7, 11) is 1.65. The Bertz CT molecular complexity index is 347. The Morgan fingerprint density at radius 2 is 2.33 bits per heavy atom. The predicted molar refractivity (Wildman–Crippen MR) is 57.6 cm³/mol. The molecule has 0 saturated heterocycles. The van der Waals surface area contributed by atoms with E-state index < -0.39 is 0 Å². The highest BCUT2D eigenvalue weighted by atomic mass is 16.5. The van der Waals surface area contributed by atoms with Crippen LogP contribution >= 0.6 is 0 Å². The van der Waals surface area contributed by atoms with Crippen molar-refractivity contribution < 1.29 is 9.53 Å². The van der Waals surface area contributed by atoms with Crippen molar-refractivity contribution in [3.8, 4) is 5.75 Å². The molecule has 3 heteroatoms. The van der Waals surface area contributed by atoms with Gasteiger partial charge in [-0.1, -0.05) is 12.1 Å². The fraction of sp³-hybridized carbons (Fsp3) is 0.417. The molecule has 2 rings (SSSR count).